The summed E-state index contributed by atoms with van der Waals surface area (Å²) >= 11 is 0. The number of carbonyl (C=O) groups excluding carboxylic acids is 1. The topological polar surface area (TPSA) is 25.2 Å². The molecule has 4 rings (SSSR count). The molecule has 0 N–H and O–H groups in total. The number of para-hydroxylation sites is 1. The van der Waals surface area contributed by atoms with Crippen LogP contribution >= 0.6 is 0 Å². The minimum Gasteiger partial charge on any atom is -0.345 e. The van der Waals surface area contributed by atoms with E-state index in [2.05, 4.69) is 53.6 Å². The average Bonchev–Trinajstić information content (AvgIpc) is 2.88. The van der Waals surface area contributed by atoms with Crippen molar-refractivity contribution in [2.24, 2.45) is 11.3 Å². The maximum absolute atomic E-state index is 12.7. The van der Waals surface area contributed by atoms with Crippen molar-refractivity contribution < 1.29 is 4.79 Å². The van der Waals surface area contributed by atoms with Gasteiger partial charge in [-0.1, -0.05) is 31.5 Å². The molecule has 3 nitrogen and oxygen atoms in total. The highest BCUT2D eigenvalue weighted by Crippen LogP contribution is 2.42. The zero-order valence-corrected chi connectivity index (χ0v) is 14.9. The molecule has 128 valence electrons. The second-order valence-electron chi connectivity index (χ2n) is 8.10. The number of likely N-dealkylation sites (tertiary alicyclic amines) is 1. The summed E-state index contributed by atoms with van der Waals surface area (Å²) in [5, 5.41) is 1.33. The molecule has 0 spiro atoms. The van der Waals surface area contributed by atoms with Crippen LogP contribution in [-0.2, 0) is 11.3 Å². The monoisotopic (exact) mass is 324 g/mol. The van der Waals surface area contributed by atoms with Gasteiger partial charge < -0.3 is 9.47 Å². The SMILES string of the molecule is Cc1cc2ccccc2n1CC1CCN(C(=O)C2(C)CCC2)CC1. The van der Waals surface area contributed by atoms with Crippen LogP contribution in [0.2, 0.25) is 0 Å². The summed E-state index contributed by atoms with van der Waals surface area (Å²) in [5.41, 5.74) is 2.65. The maximum atomic E-state index is 12.7. The molecule has 24 heavy (non-hydrogen) atoms. The molecule has 0 unspecified atom stereocenters. The normalized spacial score (nSPS) is 21.0. The van der Waals surface area contributed by atoms with E-state index < -0.39 is 0 Å². The number of amides is 1. The van der Waals surface area contributed by atoms with Crippen molar-refractivity contribution in [3.8, 4) is 0 Å². The Morgan fingerprint density at radius 2 is 1.92 bits per heavy atom. The highest BCUT2D eigenvalue weighted by Gasteiger charge is 2.42. The van der Waals surface area contributed by atoms with Gasteiger partial charge in [0.1, 0.15) is 0 Å². The molecule has 0 radical (unpaired) electrons. The maximum Gasteiger partial charge on any atom is 0.228 e. The quantitative estimate of drug-likeness (QED) is 0.822. The number of benzene rings is 1. The lowest BCUT2D eigenvalue weighted by atomic mass is 9.69. The molecule has 1 aromatic heterocycles. The molecule has 1 saturated heterocycles. The highest BCUT2D eigenvalue weighted by atomic mass is 16.2. The van der Waals surface area contributed by atoms with Crippen molar-refractivity contribution in [1.29, 1.82) is 0 Å². The van der Waals surface area contributed by atoms with E-state index in [1.807, 2.05) is 0 Å². The molecule has 0 atom stereocenters. The third-order valence-electron chi connectivity index (χ3n) is 6.33. The van der Waals surface area contributed by atoms with Gasteiger partial charge in [0.15, 0.2) is 0 Å². The van der Waals surface area contributed by atoms with Gasteiger partial charge in [0, 0.05) is 36.3 Å². The Balaban J connectivity index is 1.41. The van der Waals surface area contributed by atoms with Crippen LogP contribution in [0.5, 0.6) is 0 Å². The Bertz CT molecular complexity index is 748. The molecule has 0 bridgehead atoms. The number of rotatable bonds is 3. The van der Waals surface area contributed by atoms with E-state index in [4.69, 9.17) is 0 Å². The van der Waals surface area contributed by atoms with Gasteiger partial charge in [0.25, 0.3) is 0 Å². The first kappa shape index (κ1) is 15.7. The van der Waals surface area contributed by atoms with Crippen molar-refractivity contribution in [3.05, 3.63) is 36.0 Å². The predicted octanol–water partition coefficient (Wildman–Crippen LogP) is 4.38. The second kappa shape index (κ2) is 5.94. The number of aryl methyl sites for hydroxylation is 1. The van der Waals surface area contributed by atoms with Crippen LogP contribution in [-0.4, -0.2) is 28.5 Å². The Labute approximate surface area is 144 Å². The lowest BCUT2D eigenvalue weighted by Gasteiger charge is -2.43. The number of hydrogen-bond donors (Lipinski definition) is 0. The van der Waals surface area contributed by atoms with Crippen LogP contribution in [0.4, 0.5) is 0 Å². The largest absolute Gasteiger partial charge is 0.345 e. The fourth-order valence-corrected chi connectivity index (χ4v) is 4.47. The third-order valence-corrected chi connectivity index (χ3v) is 6.33. The molecule has 2 aromatic rings. The highest BCUT2D eigenvalue weighted by molar-refractivity contribution is 5.83. The summed E-state index contributed by atoms with van der Waals surface area (Å²) in [6, 6.07) is 10.9. The van der Waals surface area contributed by atoms with Gasteiger partial charge in [0.2, 0.25) is 5.91 Å². The summed E-state index contributed by atoms with van der Waals surface area (Å²) in [6.45, 7) is 7.32. The van der Waals surface area contributed by atoms with Crippen molar-refractivity contribution in [3.63, 3.8) is 0 Å². The van der Waals surface area contributed by atoms with Crippen LogP contribution in [0.15, 0.2) is 30.3 Å². The number of nitrogens with zero attached hydrogens (tertiary/aromatic N) is 2. The minimum atomic E-state index is -0.0416. The van der Waals surface area contributed by atoms with Gasteiger partial charge in [-0.25, -0.2) is 0 Å². The van der Waals surface area contributed by atoms with Crippen molar-refractivity contribution in [2.75, 3.05) is 13.1 Å². The molecule has 1 aromatic carbocycles. The summed E-state index contributed by atoms with van der Waals surface area (Å²) in [4.78, 5) is 14.8. The number of aromatic nitrogens is 1. The Morgan fingerprint density at radius 3 is 2.58 bits per heavy atom. The predicted molar refractivity (Wildman–Crippen MR) is 97.9 cm³/mol. The Kier molecular flexibility index (Phi) is 3.90. The van der Waals surface area contributed by atoms with Crippen molar-refractivity contribution in [2.45, 2.75) is 52.5 Å². The zero-order chi connectivity index (χ0) is 16.7. The van der Waals surface area contributed by atoms with E-state index in [1.165, 1.54) is 23.0 Å². The van der Waals surface area contributed by atoms with Gasteiger partial charge in [-0.3, -0.25) is 4.79 Å². The molecule has 1 aliphatic heterocycles. The van der Waals surface area contributed by atoms with E-state index in [0.29, 0.717) is 11.8 Å². The molecular formula is C21H28N2O. The van der Waals surface area contributed by atoms with E-state index >= 15 is 0 Å². The average molecular weight is 324 g/mol. The van der Waals surface area contributed by atoms with Gasteiger partial charge in [-0.2, -0.15) is 0 Å². The molecular weight excluding hydrogens is 296 g/mol. The minimum absolute atomic E-state index is 0.0416. The van der Waals surface area contributed by atoms with Gasteiger partial charge in [-0.05, 0) is 56.0 Å². The lowest BCUT2D eigenvalue weighted by molar-refractivity contribution is -0.147. The molecule has 2 fully saturated rings. The number of fused-ring (bicyclic) bond motifs is 1. The fourth-order valence-electron chi connectivity index (χ4n) is 4.47. The number of carbonyl (C=O) groups is 1. The molecule has 2 aliphatic rings. The molecule has 1 amide bonds. The molecule has 1 aliphatic carbocycles. The first-order chi connectivity index (χ1) is 11.6. The van der Waals surface area contributed by atoms with Gasteiger partial charge in [0.05, 0.1) is 0 Å². The summed E-state index contributed by atoms with van der Waals surface area (Å²) in [7, 11) is 0. The second-order valence-corrected chi connectivity index (χ2v) is 8.10. The standard InChI is InChI=1S/C21H28N2O/c1-16-14-18-6-3-4-7-19(18)23(16)15-17-8-12-22(13-9-17)20(24)21(2)10-5-11-21/h3-4,6-7,14,17H,5,8-13,15H2,1-2H3. The van der Waals surface area contributed by atoms with Gasteiger partial charge >= 0.3 is 0 Å². The summed E-state index contributed by atoms with van der Waals surface area (Å²) in [5.74, 6) is 1.09. The van der Waals surface area contributed by atoms with Crippen LogP contribution in [0.3, 0.4) is 0 Å². The Morgan fingerprint density at radius 1 is 1.21 bits per heavy atom. The molecule has 2 heterocycles. The van der Waals surface area contributed by atoms with Crippen LogP contribution < -0.4 is 0 Å². The van der Waals surface area contributed by atoms with E-state index in [0.717, 1.165) is 45.3 Å². The Hall–Kier alpha value is -1.77. The van der Waals surface area contributed by atoms with Gasteiger partial charge in [-0.15, -0.1) is 0 Å². The summed E-state index contributed by atoms with van der Waals surface area (Å²) < 4.78 is 2.46. The molecule has 1 saturated carbocycles. The van der Waals surface area contributed by atoms with E-state index in [-0.39, 0.29) is 5.41 Å². The number of piperidine rings is 1. The third kappa shape index (κ3) is 2.64. The molecule has 3 heteroatoms. The first-order valence-corrected chi connectivity index (χ1v) is 9.41. The van der Waals surface area contributed by atoms with E-state index in [1.54, 1.807) is 0 Å². The zero-order valence-electron chi connectivity index (χ0n) is 14.9. The van der Waals surface area contributed by atoms with Crippen LogP contribution in [0, 0.1) is 18.3 Å². The fraction of sp³-hybridized carbons (Fsp3) is 0.571. The van der Waals surface area contributed by atoms with Crippen molar-refractivity contribution in [1.82, 2.24) is 9.47 Å². The van der Waals surface area contributed by atoms with Crippen molar-refractivity contribution >= 4 is 16.8 Å². The van der Waals surface area contributed by atoms with E-state index in [9.17, 15) is 4.79 Å². The van der Waals surface area contributed by atoms with Crippen LogP contribution in [0.25, 0.3) is 10.9 Å². The number of hydrogen-bond acceptors (Lipinski definition) is 1. The smallest absolute Gasteiger partial charge is 0.228 e. The van der Waals surface area contributed by atoms with Crippen LogP contribution in [0.1, 0.15) is 44.7 Å². The lowest BCUT2D eigenvalue weighted by Crippen LogP contribution is -2.49. The summed E-state index contributed by atoms with van der Waals surface area (Å²) in [6.07, 6.45) is 5.65. The first-order valence-electron chi connectivity index (χ1n) is 9.41.